The van der Waals surface area contributed by atoms with E-state index < -0.39 is 0 Å². The van der Waals surface area contributed by atoms with Crippen molar-refractivity contribution in [1.29, 1.82) is 0 Å². The number of likely N-dealkylation sites (tertiary alicyclic amines) is 1. The molecular formula is C15H29NO2. The normalized spacial score (nSPS) is 20.1. The summed E-state index contributed by atoms with van der Waals surface area (Å²) in [7, 11) is 0. The number of hydrogen-bond acceptors (Lipinski definition) is 2. The van der Waals surface area contributed by atoms with E-state index in [1.807, 2.05) is 4.90 Å². The number of carbonyl (C=O) groups is 1. The highest BCUT2D eigenvalue weighted by molar-refractivity contribution is 5.76. The molecule has 0 aromatic rings. The van der Waals surface area contributed by atoms with Gasteiger partial charge >= 0.3 is 0 Å². The summed E-state index contributed by atoms with van der Waals surface area (Å²) >= 11 is 0. The van der Waals surface area contributed by atoms with Gasteiger partial charge in [0, 0.05) is 19.5 Å². The van der Waals surface area contributed by atoms with Crippen LogP contribution in [0.1, 0.15) is 71.1 Å². The Hall–Kier alpha value is -0.570. The van der Waals surface area contributed by atoms with Crippen LogP contribution in [0.2, 0.25) is 0 Å². The molecule has 1 heterocycles. The largest absolute Gasteiger partial charge is 0.391 e. The molecule has 1 atom stereocenters. The summed E-state index contributed by atoms with van der Waals surface area (Å²) in [6.45, 7) is 3.62. The van der Waals surface area contributed by atoms with E-state index in [1.165, 1.54) is 38.5 Å². The topological polar surface area (TPSA) is 40.5 Å². The Morgan fingerprint density at radius 1 is 1.17 bits per heavy atom. The van der Waals surface area contributed by atoms with Gasteiger partial charge in [0.2, 0.25) is 5.91 Å². The average Bonchev–Trinajstić information content (AvgIpc) is 2.37. The van der Waals surface area contributed by atoms with Crippen molar-refractivity contribution in [1.82, 2.24) is 4.90 Å². The van der Waals surface area contributed by atoms with Gasteiger partial charge in [-0.15, -0.1) is 0 Å². The second-order valence-electron chi connectivity index (χ2n) is 5.51. The van der Waals surface area contributed by atoms with E-state index in [2.05, 4.69) is 6.92 Å². The van der Waals surface area contributed by atoms with Crippen molar-refractivity contribution in [3.63, 3.8) is 0 Å². The number of β-amino-alcohol motifs (C(OH)–C–C–N with tert-alkyl or cyclic N) is 1. The maximum atomic E-state index is 11.9. The van der Waals surface area contributed by atoms with Crippen molar-refractivity contribution in [2.75, 3.05) is 13.1 Å². The number of hydrogen-bond donors (Lipinski definition) is 1. The lowest BCUT2D eigenvalue weighted by atomic mass is 10.1. The van der Waals surface area contributed by atoms with Gasteiger partial charge in [-0.05, 0) is 19.3 Å². The molecule has 3 nitrogen and oxygen atoms in total. The van der Waals surface area contributed by atoms with Crippen LogP contribution in [0.4, 0.5) is 0 Å². The predicted octanol–water partition coefficient (Wildman–Crippen LogP) is 3.11. The first kappa shape index (κ1) is 15.5. The van der Waals surface area contributed by atoms with Crippen molar-refractivity contribution in [3.05, 3.63) is 0 Å². The van der Waals surface area contributed by atoms with Gasteiger partial charge < -0.3 is 10.0 Å². The molecule has 1 N–H and O–H groups in total. The molecule has 0 aromatic carbocycles. The van der Waals surface area contributed by atoms with Gasteiger partial charge in [0.25, 0.3) is 0 Å². The minimum atomic E-state index is -0.295. The molecule has 106 valence electrons. The third-order valence-electron chi connectivity index (χ3n) is 3.74. The lowest BCUT2D eigenvalue weighted by Crippen LogP contribution is -2.42. The number of amides is 1. The van der Waals surface area contributed by atoms with Crippen molar-refractivity contribution >= 4 is 5.91 Å². The van der Waals surface area contributed by atoms with Crippen LogP contribution in [-0.4, -0.2) is 35.1 Å². The smallest absolute Gasteiger partial charge is 0.222 e. The van der Waals surface area contributed by atoms with Crippen LogP contribution in [0.25, 0.3) is 0 Å². The Morgan fingerprint density at radius 2 is 1.83 bits per heavy atom. The van der Waals surface area contributed by atoms with Crippen LogP contribution >= 0.6 is 0 Å². The Morgan fingerprint density at radius 3 is 2.50 bits per heavy atom. The second-order valence-corrected chi connectivity index (χ2v) is 5.51. The summed E-state index contributed by atoms with van der Waals surface area (Å²) in [5.41, 5.74) is 0. The molecule has 1 fully saturated rings. The Balaban J connectivity index is 1.99. The summed E-state index contributed by atoms with van der Waals surface area (Å²) in [6.07, 6.45) is 10.9. The van der Waals surface area contributed by atoms with Crippen LogP contribution in [0.5, 0.6) is 0 Å². The second kappa shape index (κ2) is 9.37. The van der Waals surface area contributed by atoms with Gasteiger partial charge in [-0.2, -0.15) is 0 Å². The van der Waals surface area contributed by atoms with E-state index in [9.17, 15) is 9.90 Å². The van der Waals surface area contributed by atoms with E-state index in [0.717, 1.165) is 25.8 Å². The molecule has 0 radical (unpaired) electrons. The number of aliphatic hydroxyl groups excluding tert-OH is 1. The highest BCUT2D eigenvalue weighted by Crippen LogP contribution is 2.13. The molecule has 1 rings (SSSR count). The minimum Gasteiger partial charge on any atom is -0.391 e. The molecule has 0 bridgehead atoms. The Bertz CT molecular complexity index is 231. The molecule has 1 aliphatic rings. The highest BCUT2D eigenvalue weighted by atomic mass is 16.3. The van der Waals surface area contributed by atoms with Crippen LogP contribution in [0.15, 0.2) is 0 Å². The molecule has 1 unspecified atom stereocenters. The van der Waals surface area contributed by atoms with E-state index >= 15 is 0 Å². The van der Waals surface area contributed by atoms with Gasteiger partial charge in [0.05, 0.1) is 6.10 Å². The van der Waals surface area contributed by atoms with E-state index in [4.69, 9.17) is 0 Å². The van der Waals surface area contributed by atoms with Gasteiger partial charge in [-0.1, -0.05) is 45.4 Å². The molecule has 1 saturated heterocycles. The molecule has 0 aliphatic carbocycles. The average molecular weight is 255 g/mol. The van der Waals surface area contributed by atoms with E-state index in [0.29, 0.717) is 13.0 Å². The number of carbonyl (C=O) groups excluding carboxylic acids is 1. The zero-order valence-electron chi connectivity index (χ0n) is 11.9. The van der Waals surface area contributed by atoms with Crippen molar-refractivity contribution < 1.29 is 9.90 Å². The zero-order valence-corrected chi connectivity index (χ0v) is 11.9. The molecule has 0 saturated carbocycles. The van der Waals surface area contributed by atoms with Crippen molar-refractivity contribution in [3.8, 4) is 0 Å². The maximum absolute atomic E-state index is 11.9. The summed E-state index contributed by atoms with van der Waals surface area (Å²) in [4.78, 5) is 13.7. The van der Waals surface area contributed by atoms with Crippen LogP contribution in [0.3, 0.4) is 0 Å². The van der Waals surface area contributed by atoms with Gasteiger partial charge in [-0.3, -0.25) is 4.79 Å². The molecular weight excluding hydrogens is 226 g/mol. The first-order chi connectivity index (χ1) is 8.74. The number of nitrogens with zero attached hydrogens (tertiary/aromatic N) is 1. The number of rotatable bonds is 8. The van der Waals surface area contributed by atoms with Gasteiger partial charge in [0.15, 0.2) is 0 Å². The highest BCUT2D eigenvalue weighted by Gasteiger charge is 2.21. The molecule has 0 aromatic heterocycles. The fourth-order valence-corrected chi connectivity index (χ4v) is 2.57. The standard InChI is InChI=1S/C15H29NO2/c1-2-3-4-5-6-7-8-11-15(18)16-12-9-10-14(17)13-16/h14,17H,2-13H2,1H3. The third-order valence-corrected chi connectivity index (χ3v) is 3.74. The minimum absolute atomic E-state index is 0.238. The number of unbranched alkanes of at least 4 members (excludes halogenated alkanes) is 6. The van der Waals surface area contributed by atoms with Crippen LogP contribution < -0.4 is 0 Å². The predicted molar refractivity (Wildman–Crippen MR) is 74.4 cm³/mol. The molecule has 3 heteroatoms. The summed E-state index contributed by atoms with van der Waals surface area (Å²) in [5, 5.41) is 9.53. The zero-order chi connectivity index (χ0) is 13.2. The fourth-order valence-electron chi connectivity index (χ4n) is 2.57. The Kier molecular flexibility index (Phi) is 8.06. The maximum Gasteiger partial charge on any atom is 0.222 e. The monoisotopic (exact) mass is 255 g/mol. The fraction of sp³-hybridized carbons (Fsp3) is 0.933. The molecule has 1 aliphatic heterocycles. The molecule has 18 heavy (non-hydrogen) atoms. The molecule has 0 spiro atoms. The SMILES string of the molecule is CCCCCCCCCC(=O)N1CCCC(O)C1. The first-order valence-electron chi connectivity index (χ1n) is 7.70. The van der Waals surface area contributed by atoms with Crippen molar-refractivity contribution in [2.45, 2.75) is 77.2 Å². The van der Waals surface area contributed by atoms with Gasteiger partial charge in [0.1, 0.15) is 0 Å². The lowest BCUT2D eigenvalue weighted by Gasteiger charge is -2.30. The van der Waals surface area contributed by atoms with E-state index in [-0.39, 0.29) is 12.0 Å². The van der Waals surface area contributed by atoms with Gasteiger partial charge in [-0.25, -0.2) is 0 Å². The molecule has 1 amide bonds. The number of piperidine rings is 1. The lowest BCUT2D eigenvalue weighted by molar-refractivity contribution is -0.134. The van der Waals surface area contributed by atoms with Crippen molar-refractivity contribution in [2.24, 2.45) is 0 Å². The first-order valence-corrected chi connectivity index (χ1v) is 7.70. The van der Waals surface area contributed by atoms with Crippen LogP contribution in [-0.2, 0) is 4.79 Å². The summed E-state index contributed by atoms with van der Waals surface area (Å²) in [6, 6.07) is 0. The Labute approximate surface area is 112 Å². The van der Waals surface area contributed by atoms with Crippen LogP contribution in [0, 0.1) is 0 Å². The van der Waals surface area contributed by atoms with E-state index in [1.54, 1.807) is 0 Å². The quantitative estimate of drug-likeness (QED) is 0.677. The summed E-state index contributed by atoms with van der Waals surface area (Å²) in [5.74, 6) is 0.238. The summed E-state index contributed by atoms with van der Waals surface area (Å²) < 4.78 is 0. The number of aliphatic hydroxyl groups is 1. The third kappa shape index (κ3) is 6.39.